The zero-order valence-electron chi connectivity index (χ0n) is 17.2. The number of carbonyl (C=O) groups is 1. The Labute approximate surface area is 185 Å². The van der Waals surface area contributed by atoms with E-state index in [9.17, 15) is 13.2 Å². The number of anilines is 2. The van der Waals surface area contributed by atoms with Gasteiger partial charge in [0.2, 0.25) is 10.0 Å². The lowest BCUT2D eigenvalue weighted by Crippen LogP contribution is -2.41. The van der Waals surface area contributed by atoms with Crippen LogP contribution in [-0.2, 0) is 21.2 Å². The number of aromatic nitrogens is 1. The number of fused-ring (bicyclic) bond motifs is 1. The van der Waals surface area contributed by atoms with Crippen LogP contribution in [0, 0.1) is 0 Å². The molecule has 7 nitrogen and oxygen atoms in total. The van der Waals surface area contributed by atoms with Gasteiger partial charge in [-0.3, -0.25) is 9.52 Å². The minimum absolute atomic E-state index is 0.0259. The van der Waals surface area contributed by atoms with Crippen molar-refractivity contribution in [3.8, 4) is 17.0 Å². The summed E-state index contributed by atoms with van der Waals surface area (Å²) in [6.07, 6.45) is 0.708. The number of ether oxygens (including phenoxy) is 1. The molecule has 1 aromatic heterocycles. The lowest BCUT2D eigenvalue weighted by atomic mass is 10.1. The number of sulfonamides is 1. The van der Waals surface area contributed by atoms with Crippen LogP contribution in [0.5, 0.6) is 5.75 Å². The van der Waals surface area contributed by atoms with Crippen molar-refractivity contribution in [2.75, 3.05) is 22.4 Å². The summed E-state index contributed by atoms with van der Waals surface area (Å²) < 4.78 is 33.1. The zero-order chi connectivity index (χ0) is 22.0. The van der Waals surface area contributed by atoms with E-state index in [-0.39, 0.29) is 11.7 Å². The molecule has 0 saturated heterocycles. The molecule has 0 spiro atoms. The van der Waals surface area contributed by atoms with E-state index in [2.05, 4.69) is 9.71 Å². The fourth-order valence-electron chi connectivity index (χ4n) is 3.42. The molecule has 1 unspecified atom stereocenters. The largest absolute Gasteiger partial charge is 0.479 e. The predicted octanol–water partition coefficient (Wildman–Crippen LogP) is 3.93. The van der Waals surface area contributed by atoms with E-state index in [0.717, 1.165) is 11.1 Å². The van der Waals surface area contributed by atoms with Gasteiger partial charge in [-0.15, -0.1) is 11.3 Å². The SMILES string of the molecule is CC1Oc2ccc(-c3csc(NS(=O)(=O)CCCc4ccccc4)n3)cc2N(C)C1=O. The second-order valence-electron chi connectivity index (χ2n) is 7.39. The van der Waals surface area contributed by atoms with Crippen LogP contribution in [-0.4, -0.2) is 38.2 Å². The summed E-state index contributed by atoms with van der Waals surface area (Å²) >= 11 is 1.23. The van der Waals surface area contributed by atoms with Crippen LogP contribution in [0.4, 0.5) is 10.8 Å². The van der Waals surface area contributed by atoms with Crippen LogP contribution in [0.1, 0.15) is 18.9 Å². The van der Waals surface area contributed by atoms with Gasteiger partial charge in [-0.25, -0.2) is 13.4 Å². The number of nitrogens with one attached hydrogen (secondary N) is 1. The maximum Gasteiger partial charge on any atom is 0.267 e. The maximum absolute atomic E-state index is 12.4. The molecule has 0 aliphatic carbocycles. The Bertz CT molecular complexity index is 1190. The van der Waals surface area contributed by atoms with E-state index >= 15 is 0 Å². The predicted molar refractivity (Wildman–Crippen MR) is 123 cm³/mol. The van der Waals surface area contributed by atoms with E-state index in [0.29, 0.717) is 35.1 Å². The van der Waals surface area contributed by atoms with Crippen molar-refractivity contribution in [1.29, 1.82) is 0 Å². The lowest BCUT2D eigenvalue weighted by molar-refractivity contribution is -0.125. The number of nitrogens with zero attached hydrogens (tertiary/aromatic N) is 2. The van der Waals surface area contributed by atoms with Gasteiger partial charge in [-0.05, 0) is 43.5 Å². The molecule has 0 radical (unpaired) electrons. The molecule has 0 fully saturated rings. The van der Waals surface area contributed by atoms with Gasteiger partial charge < -0.3 is 9.64 Å². The van der Waals surface area contributed by atoms with Gasteiger partial charge in [0.15, 0.2) is 11.2 Å². The number of aryl methyl sites for hydroxylation is 1. The summed E-state index contributed by atoms with van der Waals surface area (Å²) in [4.78, 5) is 18.2. The minimum atomic E-state index is -3.49. The van der Waals surface area contributed by atoms with Crippen LogP contribution < -0.4 is 14.4 Å². The average Bonchev–Trinajstić information content (AvgIpc) is 3.20. The topological polar surface area (TPSA) is 88.6 Å². The average molecular weight is 458 g/mol. The molecule has 3 aromatic rings. The fraction of sp³-hybridized carbons (Fsp3) is 0.273. The van der Waals surface area contributed by atoms with Crippen LogP contribution in [0.15, 0.2) is 53.9 Å². The van der Waals surface area contributed by atoms with Gasteiger partial charge in [0, 0.05) is 18.0 Å². The Kier molecular flexibility index (Phi) is 5.97. The van der Waals surface area contributed by atoms with Gasteiger partial charge in [0.05, 0.1) is 17.1 Å². The Hall–Kier alpha value is -2.91. The van der Waals surface area contributed by atoms with Crippen molar-refractivity contribution in [3.63, 3.8) is 0 Å². The van der Waals surface area contributed by atoms with Crippen molar-refractivity contribution in [2.24, 2.45) is 0 Å². The van der Waals surface area contributed by atoms with Crippen molar-refractivity contribution in [1.82, 2.24) is 4.98 Å². The highest BCUT2D eigenvalue weighted by molar-refractivity contribution is 7.92. The van der Waals surface area contributed by atoms with Crippen molar-refractivity contribution in [2.45, 2.75) is 25.9 Å². The van der Waals surface area contributed by atoms with E-state index in [1.165, 1.54) is 11.3 Å². The first-order chi connectivity index (χ1) is 14.8. The summed E-state index contributed by atoms with van der Waals surface area (Å²) in [5.74, 6) is 0.540. The van der Waals surface area contributed by atoms with Gasteiger partial charge in [-0.2, -0.15) is 0 Å². The second-order valence-corrected chi connectivity index (χ2v) is 10.1. The molecule has 1 amide bonds. The zero-order valence-corrected chi connectivity index (χ0v) is 18.9. The third kappa shape index (κ3) is 4.88. The van der Waals surface area contributed by atoms with E-state index in [1.807, 2.05) is 42.5 Å². The van der Waals surface area contributed by atoms with Crippen molar-refractivity contribution < 1.29 is 17.9 Å². The van der Waals surface area contributed by atoms with Crippen molar-refractivity contribution in [3.05, 3.63) is 59.5 Å². The highest BCUT2D eigenvalue weighted by Gasteiger charge is 2.29. The molecule has 9 heteroatoms. The first kappa shape index (κ1) is 21.3. The van der Waals surface area contributed by atoms with E-state index < -0.39 is 16.1 Å². The molecule has 31 heavy (non-hydrogen) atoms. The molecule has 4 rings (SSSR count). The number of amides is 1. The molecule has 2 aromatic carbocycles. The quantitative estimate of drug-likeness (QED) is 0.581. The van der Waals surface area contributed by atoms with Crippen LogP contribution in [0.3, 0.4) is 0 Å². The molecule has 2 heterocycles. The van der Waals surface area contributed by atoms with Gasteiger partial charge >= 0.3 is 0 Å². The summed E-state index contributed by atoms with van der Waals surface area (Å²) in [5, 5.41) is 2.11. The Morgan fingerprint density at radius 2 is 1.97 bits per heavy atom. The number of benzene rings is 2. The van der Waals surface area contributed by atoms with Crippen LogP contribution in [0.2, 0.25) is 0 Å². The van der Waals surface area contributed by atoms with Gasteiger partial charge in [0.25, 0.3) is 5.91 Å². The van der Waals surface area contributed by atoms with Crippen LogP contribution in [0.25, 0.3) is 11.3 Å². The summed E-state index contributed by atoms with van der Waals surface area (Å²) in [6, 6.07) is 15.3. The maximum atomic E-state index is 12.4. The monoisotopic (exact) mass is 457 g/mol. The van der Waals surface area contributed by atoms with E-state index in [1.54, 1.807) is 30.3 Å². The number of hydrogen-bond donors (Lipinski definition) is 1. The molecule has 1 N–H and O–H groups in total. The fourth-order valence-corrected chi connectivity index (χ4v) is 5.49. The van der Waals surface area contributed by atoms with Crippen LogP contribution >= 0.6 is 11.3 Å². The van der Waals surface area contributed by atoms with Gasteiger partial charge in [-0.1, -0.05) is 30.3 Å². The van der Waals surface area contributed by atoms with E-state index in [4.69, 9.17) is 4.74 Å². The highest BCUT2D eigenvalue weighted by atomic mass is 32.2. The Morgan fingerprint density at radius 1 is 1.19 bits per heavy atom. The summed E-state index contributed by atoms with van der Waals surface area (Å²) in [7, 11) is -1.78. The molecule has 0 saturated carbocycles. The standard InChI is InChI=1S/C22H23N3O4S2/c1-15-21(26)25(2)19-13-17(10-11-20(19)29-15)18-14-30-22(23-18)24-31(27,28)12-6-9-16-7-4-3-5-8-16/h3-5,7-8,10-11,13-15H,6,9,12H2,1-2H3,(H,23,24). The number of rotatable bonds is 7. The first-order valence-corrected chi connectivity index (χ1v) is 12.4. The normalized spacial score (nSPS) is 16.0. The molecule has 162 valence electrons. The first-order valence-electron chi connectivity index (χ1n) is 9.91. The van der Waals surface area contributed by atoms with Gasteiger partial charge in [0.1, 0.15) is 5.75 Å². The molecular formula is C22H23N3O4S2. The smallest absolute Gasteiger partial charge is 0.267 e. The molecule has 1 aliphatic rings. The minimum Gasteiger partial charge on any atom is -0.479 e. The second kappa shape index (κ2) is 8.68. The molecular weight excluding hydrogens is 434 g/mol. The highest BCUT2D eigenvalue weighted by Crippen LogP contribution is 2.37. The Balaban J connectivity index is 1.43. The molecule has 0 bridgehead atoms. The van der Waals surface area contributed by atoms with Crippen molar-refractivity contribution >= 4 is 38.1 Å². The summed E-state index contributed by atoms with van der Waals surface area (Å²) in [6.45, 7) is 1.72. The number of thiazole rings is 1. The molecule has 1 atom stereocenters. The number of hydrogen-bond acceptors (Lipinski definition) is 6. The third-order valence-corrected chi connectivity index (χ3v) is 7.28. The lowest BCUT2D eigenvalue weighted by Gasteiger charge is -2.30. The third-order valence-electron chi connectivity index (χ3n) is 5.07. The Morgan fingerprint density at radius 3 is 2.74 bits per heavy atom. The number of likely N-dealkylation sites (N-methyl/N-ethyl adjacent to an activating group) is 1. The summed E-state index contributed by atoms with van der Waals surface area (Å²) in [5.41, 5.74) is 3.19. The molecule has 1 aliphatic heterocycles. The number of carbonyl (C=O) groups excluding carboxylic acids is 1.